The Kier molecular flexibility index (Phi) is 3.72. The van der Waals surface area contributed by atoms with Gasteiger partial charge in [0.2, 0.25) is 5.89 Å². The highest BCUT2D eigenvalue weighted by Gasteiger charge is 2.16. The minimum absolute atomic E-state index is 0.245. The van der Waals surface area contributed by atoms with Crippen molar-refractivity contribution in [1.29, 1.82) is 0 Å². The molecule has 2 N–H and O–H groups in total. The van der Waals surface area contributed by atoms with Crippen molar-refractivity contribution >= 4 is 0 Å². The summed E-state index contributed by atoms with van der Waals surface area (Å²) in [7, 11) is 0. The first-order chi connectivity index (χ1) is 8.61. The largest absolute Gasteiger partial charge is 0.339 e. The van der Waals surface area contributed by atoms with E-state index in [2.05, 4.69) is 10.1 Å². The summed E-state index contributed by atoms with van der Waals surface area (Å²) in [5, 5.41) is 3.86. The first kappa shape index (κ1) is 12.7. The molecule has 0 saturated carbocycles. The van der Waals surface area contributed by atoms with Gasteiger partial charge in [-0.2, -0.15) is 4.98 Å². The van der Waals surface area contributed by atoms with Gasteiger partial charge in [0.05, 0.1) is 6.04 Å². The monoisotopic (exact) mass is 249 g/mol. The van der Waals surface area contributed by atoms with Gasteiger partial charge in [-0.25, -0.2) is 4.39 Å². The highest BCUT2D eigenvalue weighted by Crippen LogP contribution is 2.19. The molecule has 0 spiro atoms. The van der Waals surface area contributed by atoms with Gasteiger partial charge in [-0.3, -0.25) is 0 Å². The van der Waals surface area contributed by atoms with Crippen LogP contribution in [-0.4, -0.2) is 10.1 Å². The van der Waals surface area contributed by atoms with Crippen LogP contribution in [-0.2, 0) is 6.42 Å². The second-order valence-corrected chi connectivity index (χ2v) is 4.28. The molecule has 1 aromatic heterocycles. The third-order valence-corrected chi connectivity index (χ3v) is 2.77. The smallest absolute Gasteiger partial charge is 0.226 e. The Morgan fingerprint density at radius 2 is 2.22 bits per heavy atom. The van der Waals surface area contributed by atoms with Crippen molar-refractivity contribution in [3.05, 3.63) is 46.9 Å². The molecule has 0 fully saturated rings. The Balaban J connectivity index is 2.23. The van der Waals surface area contributed by atoms with Gasteiger partial charge < -0.3 is 10.3 Å². The van der Waals surface area contributed by atoms with Gasteiger partial charge in [-0.15, -0.1) is 0 Å². The molecule has 4 nitrogen and oxygen atoms in total. The summed E-state index contributed by atoms with van der Waals surface area (Å²) in [5.74, 6) is 0.775. The normalized spacial score (nSPS) is 12.7. The number of benzene rings is 1. The lowest BCUT2D eigenvalue weighted by Crippen LogP contribution is -2.14. The molecular formula is C13H16FN3O. The number of nitrogens with two attached hydrogens (primary N) is 1. The summed E-state index contributed by atoms with van der Waals surface area (Å²) in [6, 6.07) is 4.26. The van der Waals surface area contributed by atoms with Crippen molar-refractivity contribution in [2.45, 2.75) is 32.7 Å². The summed E-state index contributed by atoms with van der Waals surface area (Å²) in [6.45, 7) is 3.73. The topological polar surface area (TPSA) is 64.9 Å². The van der Waals surface area contributed by atoms with Crippen LogP contribution < -0.4 is 5.73 Å². The fourth-order valence-electron chi connectivity index (χ4n) is 1.72. The molecule has 1 atom stereocenters. The van der Waals surface area contributed by atoms with Crippen molar-refractivity contribution in [2.75, 3.05) is 0 Å². The Labute approximate surface area is 105 Å². The molecule has 0 bridgehead atoms. The van der Waals surface area contributed by atoms with Gasteiger partial charge in [-0.05, 0) is 30.5 Å². The van der Waals surface area contributed by atoms with Crippen molar-refractivity contribution in [1.82, 2.24) is 10.1 Å². The van der Waals surface area contributed by atoms with E-state index in [1.54, 1.807) is 19.1 Å². The van der Waals surface area contributed by atoms with E-state index < -0.39 is 6.04 Å². The zero-order valence-electron chi connectivity index (χ0n) is 10.5. The van der Waals surface area contributed by atoms with Gasteiger partial charge in [0.15, 0.2) is 5.82 Å². The van der Waals surface area contributed by atoms with Crippen LogP contribution in [0.25, 0.3) is 0 Å². The van der Waals surface area contributed by atoms with E-state index >= 15 is 0 Å². The highest BCUT2D eigenvalue weighted by atomic mass is 19.1. The van der Waals surface area contributed by atoms with Crippen molar-refractivity contribution in [2.24, 2.45) is 5.73 Å². The van der Waals surface area contributed by atoms with Crippen LogP contribution in [0.4, 0.5) is 4.39 Å². The lowest BCUT2D eigenvalue weighted by Gasteiger charge is -2.08. The maximum absolute atomic E-state index is 13.2. The van der Waals surface area contributed by atoms with E-state index in [0.29, 0.717) is 17.3 Å². The molecule has 96 valence electrons. The van der Waals surface area contributed by atoms with Crippen molar-refractivity contribution in [3.8, 4) is 0 Å². The summed E-state index contributed by atoms with van der Waals surface area (Å²) in [4.78, 5) is 4.23. The number of halogens is 1. The van der Waals surface area contributed by atoms with Crippen LogP contribution in [0.5, 0.6) is 0 Å². The average molecular weight is 249 g/mol. The van der Waals surface area contributed by atoms with Gasteiger partial charge in [0.25, 0.3) is 0 Å². The van der Waals surface area contributed by atoms with Crippen LogP contribution in [0.2, 0.25) is 0 Å². The molecule has 0 aliphatic heterocycles. The molecule has 2 aromatic rings. The van der Waals surface area contributed by atoms with E-state index in [9.17, 15) is 4.39 Å². The number of nitrogens with zero attached hydrogens (tertiary/aromatic N) is 2. The van der Waals surface area contributed by atoms with Crippen molar-refractivity contribution < 1.29 is 8.91 Å². The van der Waals surface area contributed by atoms with E-state index in [0.717, 1.165) is 18.4 Å². The molecule has 1 heterocycles. The molecule has 2 rings (SSSR count). The number of rotatable bonds is 4. The maximum atomic E-state index is 13.2. The number of aryl methyl sites for hydroxylation is 2. The average Bonchev–Trinajstić information content (AvgIpc) is 2.81. The Morgan fingerprint density at radius 3 is 2.89 bits per heavy atom. The fraction of sp³-hybridized carbons (Fsp3) is 0.385. The predicted molar refractivity (Wildman–Crippen MR) is 65.5 cm³/mol. The second-order valence-electron chi connectivity index (χ2n) is 4.28. The summed E-state index contributed by atoms with van der Waals surface area (Å²) >= 11 is 0. The summed E-state index contributed by atoms with van der Waals surface area (Å²) < 4.78 is 18.3. The number of hydrogen-bond acceptors (Lipinski definition) is 4. The summed E-state index contributed by atoms with van der Waals surface area (Å²) in [6.07, 6.45) is 1.68. The SMILES string of the molecule is CCCc1nc(C(N)c2ccc(F)c(C)c2)no1. The van der Waals surface area contributed by atoms with Crippen LogP contribution in [0.1, 0.15) is 42.2 Å². The molecule has 0 amide bonds. The summed E-state index contributed by atoms with van der Waals surface area (Å²) in [5.41, 5.74) is 7.37. The van der Waals surface area contributed by atoms with E-state index in [1.165, 1.54) is 6.07 Å². The number of aromatic nitrogens is 2. The molecule has 1 unspecified atom stereocenters. The third-order valence-electron chi connectivity index (χ3n) is 2.77. The Morgan fingerprint density at radius 1 is 1.44 bits per heavy atom. The molecule has 0 aliphatic carbocycles. The third kappa shape index (κ3) is 2.56. The molecule has 0 saturated heterocycles. The molecule has 1 aromatic carbocycles. The highest BCUT2D eigenvalue weighted by molar-refractivity contribution is 5.29. The van der Waals surface area contributed by atoms with Crippen LogP contribution >= 0.6 is 0 Å². The van der Waals surface area contributed by atoms with Gasteiger partial charge >= 0.3 is 0 Å². The Hall–Kier alpha value is -1.75. The van der Waals surface area contributed by atoms with E-state index in [1.807, 2.05) is 6.92 Å². The van der Waals surface area contributed by atoms with Gasteiger partial charge in [0.1, 0.15) is 5.82 Å². The minimum Gasteiger partial charge on any atom is -0.339 e. The molecule has 5 heteroatoms. The molecular weight excluding hydrogens is 233 g/mol. The second kappa shape index (κ2) is 5.27. The van der Waals surface area contributed by atoms with E-state index in [4.69, 9.17) is 10.3 Å². The van der Waals surface area contributed by atoms with Crippen LogP contribution in [0.3, 0.4) is 0 Å². The minimum atomic E-state index is -0.487. The van der Waals surface area contributed by atoms with Gasteiger partial charge in [-0.1, -0.05) is 24.2 Å². The van der Waals surface area contributed by atoms with Crippen LogP contribution in [0, 0.1) is 12.7 Å². The standard InChI is InChI=1S/C13H16FN3O/c1-3-4-11-16-13(17-18-11)12(15)9-5-6-10(14)8(2)7-9/h5-7,12H,3-4,15H2,1-2H3. The first-order valence-electron chi connectivity index (χ1n) is 5.96. The maximum Gasteiger partial charge on any atom is 0.226 e. The quantitative estimate of drug-likeness (QED) is 0.904. The van der Waals surface area contributed by atoms with Gasteiger partial charge in [0, 0.05) is 6.42 Å². The molecule has 0 aliphatic rings. The number of hydrogen-bond donors (Lipinski definition) is 1. The predicted octanol–water partition coefficient (Wildman–Crippen LogP) is 2.52. The van der Waals surface area contributed by atoms with Crippen molar-refractivity contribution in [3.63, 3.8) is 0 Å². The van der Waals surface area contributed by atoms with E-state index in [-0.39, 0.29) is 5.82 Å². The lowest BCUT2D eigenvalue weighted by molar-refractivity contribution is 0.370. The molecule has 0 radical (unpaired) electrons. The molecule has 18 heavy (non-hydrogen) atoms. The zero-order chi connectivity index (χ0) is 13.1. The van der Waals surface area contributed by atoms with Crippen LogP contribution in [0.15, 0.2) is 22.7 Å². The lowest BCUT2D eigenvalue weighted by atomic mass is 10.0. The first-order valence-corrected chi connectivity index (χ1v) is 5.96. The zero-order valence-corrected chi connectivity index (χ0v) is 10.5. The Bertz CT molecular complexity index is 539. The fourth-order valence-corrected chi connectivity index (χ4v) is 1.72.